The van der Waals surface area contributed by atoms with Crippen LogP contribution < -0.4 is 10.6 Å². The fraction of sp³-hybridized carbons (Fsp3) is 0.600. The third kappa shape index (κ3) is 5.63. The number of benzene rings is 1. The molecular formula is C20H31FN2O2. The molecule has 5 heteroatoms. The van der Waals surface area contributed by atoms with Gasteiger partial charge in [0.15, 0.2) is 0 Å². The normalized spacial score (nSPS) is 20.6. The van der Waals surface area contributed by atoms with Crippen LogP contribution in [0.5, 0.6) is 0 Å². The molecule has 2 amide bonds. The minimum absolute atomic E-state index is 0.232. The summed E-state index contributed by atoms with van der Waals surface area (Å²) in [5.41, 5.74) is 1.41. The quantitative estimate of drug-likeness (QED) is 0.796. The molecule has 25 heavy (non-hydrogen) atoms. The molecule has 1 aromatic carbocycles. The lowest BCUT2D eigenvalue weighted by atomic mass is 9.86. The zero-order valence-electron chi connectivity index (χ0n) is 15.8. The van der Waals surface area contributed by atoms with E-state index in [0.29, 0.717) is 18.4 Å². The maximum atomic E-state index is 14.4. The topological polar surface area (TPSA) is 58.2 Å². The zero-order valence-corrected chi connectivity index (χ0v) is 15.8. The first-order valence-electron chi connectivity index (χ1n) is 9.49. The molecule has 0 radical (unpaired) electrons. The van der Waals surface area contributed by atoms with E-state index in [0.717, 1.165) is 31.5 Å². The van der Waals surface area contributed by atoms with Crippen LogP contribution in [0.3, 0.4) is 0 Å². The van der Waals surface area contributed by atoms with E-state index in [-0.39, 0.29) is 23.5 Å². The largest absolute Gasteiger partial charge is 0.317 e. The minimum Gasteiger partial charge on any atom is -0.317 e. The SMILES string of the molecule is CC.CC.O=C1CCC(c2ccc(C3CCNCC3)c(F)c2)C(=O)N1. The smallest absolute Gasteiger partial charge is 0.234 e. The Kier molecular flexibility index (Phi) is 9.35. The highest BCUT2D eigenvalue weighted by Crippen LogP contribution is 2.31. The summed E-state index contributed by atoms with van der Waals surface area (Å²) in [6.07, 6.45) is 2.65. The van der Waals surface area contributed by atoms with E-state index < -0.39 is 5.92 Å². The number of carbonyl (C=O) groups is 2. The second-order valence-electron chi connectivity index (χ2n) is 5.81. The molecular weight excluding hydrogens is 319 g/mol. The van der Waals surface area contributed by atoms with Gasteiger partial charge in [0.05, 0.1) is 5.92 Å². The number of amides is 2. The average molecular weight is 350 g/mol. The van der Waals surface area contributed by atoms with E-state index >= 15 is 0 Å². The third-order valence-corrected chi connectivity index (χ3v) is 4.45. The highest BCUT2D eigenvalue weighted by atomic mass is 19.1. The molecule has 2 aliphatic heterocycles. The second-order valence-corrected chi connectivity index (χ2v) is 5.81. The van der Waals surface area contributed by atoms with E-state index in [4.69, 9.17) is 0 Å². The van der Waals surface area contributed by atoms with Crippen molar-refractivity contribution in [1.29, 1.82) is 0 Å². The van der Waals surface area contributed by atoms with E-state index in [9.17, 15) is 14.0 Å². The molecule has 2 saturated heterocycles. The van der Waals surface area contributed by atoms with Crippen molar-refractivity contribution in [3.8, 4) is 0 Å². The Morgan fingerprint density at radius 2 is 1.64 bits per heavy atom. The highest BCUT2D eigenvalue weighted by molar-refractivity contribution is 6.00. The van der Waals surface area contributed by atoms with Crippen molar-refractivity contribution < 1.29 is 14.0 Å². The van der Waals surface area contributed by atoms with Crippen molar-refractivity contribution in [2.45, 2.75) is 65.2 Å². The fourth-order valence-corrected chi connectivity index (χ4v) is 3.24. The molecule has 1 atom stereocenters. The Hall–Kier alpha value is -1.75. The van der Waals surface area contributed by atoms with Gasteiger partial charge in [-0.25, -0.2) is 4.39 Å². The summed E-state index contributed by atoms with van der Waals surface area (Å²) in [6.45, 7) is 9.83. The van der Waals surface area contributed by atoms with Crippen molar-refractivity contribution in [3.63, 3.8) is 0 Å². The lowest BCUT2D eigenvalue weighted by Crippen LogP contribution is -2.39. The lowest BCUT2D eigenvalue weighted by Gasteiger charge is -2.25. The summed E-state index contributed by atoms with van der Waals surface area (Å²) in [7, 11) is 0. The number of hydrogen-bond donors (Lipinski definition) is 2. The van der Waals surface area contributed by atoms with Crippen LogP contribution in [-0.4, -0.2) is 24.9 Å². The summed E-state index contributed by atoms with van der Waals surface area (Å²) >= 11 is 0. The van der Waals surface area contributed by atoms with Gasteiger partial charge in [-0.15, -0.1) is 0 Å². The summed E-state index contributed by atoms with van der Waals surface area (Å²) in [5, 5.41) is 5.59. The molecule has 0 bridgehead atoms. The Balaban J connectivity index is 0.000000730. The molecule has 0 aromatic heterocycles. The number of nitrogens with one attached hydrogen (secondary N) is 2. The molecule has 0 aliphatic carbocycles. The summed E-state index contributed by atoms with van der Waals surface area (Å²) in [6, 6.07) is 5.11. The van der Waals surface area contributed by atoms with Crippen LogP contribution in [0.25, 0.3) is 0 Å². The maximum Gasteiger partial charge on any atom is 0.234 e. The molecule has 1 unspecified atom stereocenters. The Labute approximate surface area is 150 Å². The zero-order chi connectivity index (χ0) is 18.8. The van der Waals surface area contributed by atoms with Gasteiger partial charge in [-0.2, -0.15) is 0 Å². The molecule has 2 N–H and O–H groups in total. The van der Waals surface area contributed by atoms with Crippen molar-refractivity contribution in [2.24, 2.45) is 0 Å². The molecule has 0 spiro atoms. The predicted molar refractivity (Wildman–Crippen MR) is 99.1 cm³/mol. The Morgan fingerprint density at radius 3 is 2.20 bits per heavy atom. The second kappa shape index (κ2) is 11.0. The van der Waals surface area contributed by atoms with Gasteiger partial charge in [-0.05, 0) is 55.5 Å². The maximum absolute atomic E-state index is 14.4. The van der Waals surface area contributed by atoms with Crippen LogP contribution in [-0.2, 0) is 9.59 Å². The standard InChI is InChI=1S/C16H19FN2O2.2C2H6/c17-14-9-11(13-3-4-15(20)19-16(13)21)1-2-12(14)10-5-7-18-8-6-10;2*1-2/h1-2,9-10,13,18H,3-8H2,(H,19,20,21);2*1-2H3. The Morgan fingerprint density at radius 1 is 1.00 bits per heavy atom. The lowest BCUT2D eigenvalue weighted by molar-refractivity contribution is -0.134. The van der Waals surface area contributed by atoms with E-state index in [1.807, 2.05) is 39.8 Å². The van der Waals surface area contributed by atoms with Gasteiger partial charge in [0.2, 0.25) is 11.8 Å². The summed E-state index contributed by atoms with van der Waals surface area (Å²) < 4.78 is 14.4. The fourth-order valence-electron chi connectivity index (χ4n) is 3.24. The molecule has 2 aliphatic rings. The van der Waals surface area contributed by atoms with Gasteiger partial charge in [0, 0.05) is 6.42 Å². The van der Waals surface area contributed by atoms with Gasteiger partial charge in [-0.3, -0.25) is 14.9 Å². The van der Waals surface area contributed by atoms with Gasteiger partial charge in [0.25, 0.3) is 0 Å². The van der Waals surface area contributed by atoms with E-state index in [1.165, 1.54) is 6.07 Å². The van der Waals surface area contributed by atoms with Gasteiger partial charge in [-0.1, -0.05) is 39.8 Å². The van der Waals surface area contributed by atoms with Gasteiger partial charge in [0.1, 0.15) is 5.82 Å². The number of carbonyl (C=O) groups excluding carboxylic acids is 2. The first kappa shape index (κ1) is 21.3. The van der Waals surface area contributed by atoms with Gasteiger partial charge < -0.3 is 5.32 Å². The molecule has 3 rings (SSSR count). The molecule has 4 nitrogen and oxygen atoms in total. The number of imide groups is 1. The molecule has 2 heterocycles. The number of hydrogen-bond acceptors (Lipinski definition) is 3. The van der Waals surface area contributed by atoms with Crippen molar-refractivity contribution in [3.05, 3.63) is 35.1 Å². The van der Waals surface area contributed by atoms with Crippen molar-refractivity contribution in [1.82, 2.24) is 10.6 Å². The van der Waals surface area contributed by atoms with E-state index in [1.54, 1.807) is 0 Å². The third-order valence-electron chi connectivity index (χ3n) is 4.45. The van der Waals surface area contributed by atoms with Gasteiger partial charge >= 0.3 is 0 Å². The summed E-state index contributed by atoms with van der Waals surface area (Å²) in [4.78, 5) is 23.0. The van der Waals surface area contributed by atoms with Crippen molar-refractivity contribution >= 4 is 11.8 Å². The molecule has 140 valence electrons. The van der Waals surface area contributed by atoms with Crippen LogP contribution in [0.1, 0.15) is 76.3 Å². The van der Waals surface area contributed by atoms with Crippen LogP contribution in [0.4, 0.5) is 4.39 Å². The first-order valence-corrected chi connectivity index (χ1v) is 9.49. The van der Waals surface area contributed by atoms with Crippen LogP contribution in [0, 0.1) is 5.82 Å². The molecule has 1 aromatic rings. The minimum atomic E-state index is -0.417. The first-order chi connectivity index (χ1) is 12.1. The van der Waals surface area contributed by atoms with Crippen LogP contribution in [0.15, 0.2) is 18.2 Å². The Bertz CT molecular complexity index is 569. The molecule has 2 fully saturated rings. The average Bonchev–Trinajstić information content (AvgIpc) is 2.66. The van der Waals surface area contributed by atoms with Crippen LogP contribution in [0.2, 0.25) is 0 Å². The highest BCUT2D eigenvalue weighted by Gasteiger charge is 2.29. The summed E-state index contributed by atoms with van der Waals surface area (Å²) in [5.74, 6) is -0.964. The van der Waals surface area contributed by atoms with Crippen molar-refractivity contribution in [2.75, 3.05) is 13.1 Å². The monoisotopic (exact) mass is 350 g/mol. The number of halogens is 1. The number of rotatable bonds is 2. The molecule has 0 saturated carbocycles. The van der Waals surface area contributed by atoms with E-state index in [2.05, 4.69) is 10.6 Å². The number of piperidine rings is 2. The predicted octanol–water partition coefficient (Wildman–Crippen LogP) is 3.87. The van der Waals surface area contributed by atoms with Crippen LogP contribution >= 0.6 is 0 Å².